The van der Waals surface area contributed by atoms with Gasteiger partial charge in [0.15, 0.2) is 0 Å². The number of carbonyl (C=O) groups excluding carboxylic acids is 1. The van der Waals surface area contributed by atoms with Gasteiger partial charge in [0.05, 0.1) is 12.7 Å². The van der Waals surface area contributed by atoms with Crippen molar-refractivity contribution in [3.8, 4) is 0 Å². The molecule has 0 spiro atoms. The molecule has 2 fully saturated rings. The van der Waals surface area contributed by atoms with Crippen molar-refractivity contribution < 1.29 is 9.18 Å². The third-order valence-corrected chi connectivity index (χ3v) is 3.75. The van der Waals surface area contributed by atoms with Crippen LogP contribution in [0.3, 0.4) is 0 Å². The number of halogens is 1. The summed E-state index contributed by atoms with van der Waals surface area (Å²) < 4.78 is 12.4. The summed E-state index contributed by atoms with van der Waals surface area (Å²) in [6.07, 6.45) is 4.93. The van der Waals surface area contributed by atoms with E-state index in [1.807, 2.05) is 4.90 Å². The van der Waals surface area contributed by atoms with Gasteiger partial charge in [-0.3, -0.25) is 9.18 Å². The number of carbonyl (C=O) groups is 1. The van der Waals surface area contributed by atoms with Gasteiger partial charge in [-0.25, -0.2) is 0 Å². The molecule has 0 aliphatic carbocycles. The Bertz CT molecular complexity index is 233. The molecule has 0 radical (unpaired) electrons. The van der Waals surface area contributed by atoms with Crippen molar-refractivity contribution >= 4 is 5.91 Å². The fourth-order valence-corrected chi connectivity index (χ4v) is 2.59. The van der Waals surface area contributed by atoms with Gasteiger partial charge >= 0.3 is 0 Å². The lowest BCUT2D eigenvalue weighted by Crippen LogP contribution is -2.50. The van der Waals surface area contributed by atoms with Crippen molar-refractivity contribution in [2.75, 3.05) is 26.3 Å². The first-order valence-corrected chi connectivity index (χ1v) is 6.39. The highest BCUT2D eigenvalue weighted by molar-refractivity contribution is 5.82. The van der Waals surface area contributed by atoms with Crippen LogP contribution >= 0.6 is 0 Å². The summed E-state index contributed by atoms with van der Waals surface area (Å²) in [4.78, 5) is 14.0. The summed E-state index contributed by atoms with van der Waals surface area (Å²) in [5.41, 5.74) is 0. The first-order chi connectivity index (χ1) is 7.81. The molecule has 0 aromatic carbocycles. The minimum Gasteiger partial charge on any atom is -0.341 e. The van der Waals surface area contributed by atoms with Gasteiger partial charge in [0.2, 0.25) is 5.91 Å². The van der Waals surface area contributed by atoms with Crippen LogP contribution in [-0.2, 0) is 4.79 Å². The smallest absolute Gasteiger partial charge is 0.239 e. The van der Waals surface area contributed by atoms with E-state index in [9.17, 15) is 9.18 Å². The zero-order valence-corrected chi connectivity index (χ0v) is 9.75. The van der Waals surface area contributed by atoms with Crippen LogP contribution in [0.4, 0.5) is 4.39 Å². The average molecular weight is 228 g/mol. The van der Waals surface area contributed by atoms with E-state index < -0.39 is 0 Å². The first kappa shape index (κ1) is 11.8. The molecular weight excluding hydrogens is 207 g/mol. The number of piperidine rings is 2. The maximum absolute atomic E-state index is 12.4. The standard InChI is InChI=1S/C12H21FN2O/c13-9-10-4-7-15(8-5-10)12(16)11-3-1-2-6-14-11/h10-11,14H,1-9H2/t11-/m1/s1. The molecule has 0 aromatic heterocycles. The Morgan fingerprint density at radius 3 is 2.56 bits per heavy atom. The zero-order chi connectivity index (χ0) is 11.4. The number of hydrogen-bond acceptors (Lipinski definition) is 2. The summed E-state index contributed by atoms with van der Waals surface area (Å²) in [6, 6.07) is 0.0238. The summed E-state index contributed by atoms with van der Waals surface area (Å²) in [7, 11) is 0. The summed E-state index contributed by atoms with van der Waals surface area (Å²) >= 11 is 0. The molecule has 0 bridgehead atoms. The topological polar surface area (TPSA) is 32.3 Å². The molecule has 1 atom stereocenters. The number of rotatable bonds is 2. The van der Waals surface area contributed by atoms with E-state index >= 15 is 0 Å². The second kappa shape index (κ2) is 5.62. The number of nitrogens with one attached hydrogen (secondary N) is 1. The van der Waals surface area contributed by atoms with Gasteiger partial charge in [0, 0.05) is 13.1 Å². The molecule has 1 amide bonds. The summed E-state index contributed by atoms with van der Waals surface area (Å²) in [5, 5.41) is 3.28. The molecule has 2 saturated heterocycles. The maximum atomic E-state index is 12.4. The van der Waals surface area contributed by atoms with Crippen LogP contribution in [0.1, 0.15) is 32.1 Å². The van der Waals surface area contributed by atoms with Crippen LogP contribution < -0.4 is 5.32 Å². The molecule has 0 unspecified atom stereocenters. The van der Waals surface area contributed by atoms with Crippen molar-refractivity contribution in [2.45, 2.75) is 38.1 Å². The largest absolute Gasteiger partial charge is 0.341 e. The minimum absolute atomic E-state index is 0.0238. The molecule has 3 nitrogen and oxygen atoms in total. The van der Waals surface area contributed by atoms with Crippen LogP contribution in [0.2, 0.25) is 0 Å². The van der Waals surface area contributed by atoms with E-state index in [1.165, 1.54) is 6.42 Å². The minimum atomic E-state index is -0.232. The van der Waals surface area contributed by atoms with Crippen molar-refractivity contribution in [3.05, 3.63) is 0 Å². The highest BCUT2D eigenvalue weighted by atomic mass is 19.1. The van der Waals surface area contributed by atoms with E-state index in [0.717, 1.165) is 45.3 Å². The van der Waals surface area contributed by atoms with Gasteiger partial charge in [-0.15, -0.1) is 0 Å². The van der Waals surface area contributed by atoms with Crippen molar-refractivity contribution in [1.82, 2.24) is 10.2 Å². The Kier molecular flexibility index (Phi) is 4.16. The average Bonchev–Trinajstić information content (AvgIpc) is 2.39. The summed E-state index contributed by atoms with van der Waals surface area (Å²) in [5.74, 6) is 0.417. The second-order valence-electron chi connectivity index (χ2n) is 4.93. The third-order valence-electron chi connectivity index (χ3n) is 3.75. The Morgan fingerprint density at radius 2 is 2.00 bits per heavy atom. The van der Waals surface area contributed by atoms with Crippen molar-refractivity contribution in [3.63, 3.8) is 0 Å². The van der Waals surface area contributed by atoms with Crippen LogP contribution in [0, 0.1) is 5.92 Å². The van der Waals surface area contributed by atoms with Crippen LogP contribution in [0.15, 0.2) is 0 Å². The number of likely N-dealkylation sites (tertiary alicyclic amines) is 1. The number of alkyl halides is 1. The fourth-order valence-electron chi connectivity index (χ4n) is 2.59. The molecule has 0 saturated carbocycles. The zero-order valence-electron chi connectivity index (χ0n) is 9.75. The van der Waals surface area contributed by atoms with E-state index in [0.29, 0.717) is 0 Å². The second-order valence-corrected chi connectivity index (χ2v) is 4.93. The molecule has 1 N–H and O–H groups in total. The van der Waals surface area contributed by atoms with Crippen LogP contribution in [-0.4, -0.2) is 43.2 Å². The monoisotopic (exact) mass is 228 g/mol. The van der Waals surface area contributed by atoms with Gasteiger partial charge in [-0.2, -0.15) is 0 Å². The Balaban J connectivity index is 1.81. The normalized spacial score (nSPS) is 28.1. The van der Waals surface area contributed by atoms with Gasteiger partial charge < -0.3 is 10.2 Å². The molecule has 4 heteroatoms. The van der Waals surface area contributed by atoms with Crippen LogP contribution in [0.5, 0.6) is 0 Å². The van der Waals surface area contributed by atoms with Crippen molar-refractivity contribution in [1.29, 1.82) is 0 Å². The first-order valence-electron chi connectivity index (χ1n) is 6.39. The number of nitrogens with zero attached hydrogens (tertiary/aromatic N) is 1. The third kappa shape index (κ3) is 2.73. The predicted molar refractivity (Wildman–Crippen MR) is 60.9 cm³/mol. The predicted octanol–water partition coefficient (Wildman–Crippen LogP) is 1.34. The Labute approximate surface area is 96.4 Å². The molecule has 2 aliphatic heterocycles. The molecule has 0 aromatic rings. The van der Waals surface area contributed by atoms with E-state index in [2.05, 4.69) is 5.32 Å². The summed E-state index contributed by atoms with van der Waals surface area (Å²) in [6.45, 7) is 2.21. The van der Waals surface area contributed by atoms with Crippen molar-refractivity contribution in [2.24, 2.45) is 5.92 Å². The van der Waals surface area contributed by atoms with Crippen LogP contribution in [0.25, 0.3) is 0 Å². The molecular formula is C12H21FN2O. The molecule has 16 heavy (non-hydrogen) atoms. The van der Waals surface area contributed by atoms with E-state index in [4.69, 9.17) is 0 Å². The lowest BCUT2D eigenvalue weighted by Gasteiger charge is -2.34. The quantitative estimate of drug-likeness (QED) is 0.773. The van der Waals surface area contributed by atoms with Gasteiger partial charge in [-0.05, 0) is 38.1 Å². The highest BCUT2D eigenvalue weighted by Crippen LogP contribution is 2.19. The fraction of sp³-hybridized carbons (Fsp3) is 0.917. The SMILES string of the molecule is O=C([C@H]1CCCCN1)N1CCC(CF)CC1. The molecule has 2 rings (SSSR count). The van der Waals surface area contributed by atoms with E-state index in [1.54, 1.807) is 0 Å². The molecule has 92 valence electrons. The van der Waals surface area contributed by atoms with Gasteiger partial charge in [-0.1, -0.05) is 6.42 Å². The lowest BCUT2D eigenvalue weighted by atomic mass is 9.96. The highest BCUT2D eigenvalue weighted by Gasteiger charge is 2.28. The van der Waals surface area contributed by atoms with E-state index in [-0.39, 0.29) is 24.5 Å². The number of hydrogen-bond donors (Lipinski definition) is 1. The van der Waals surface area contributed by atoms with Gasteiger partial charge in [0.25, 0.3) is 0 Å². The lowest BCUT2D eigenvalue weighted by molar-refractivity contribution is -0.135. The van der Waals surface area contributed by atoms with Gasteiger partial charge in [0.1, 0.15) is 0 Å². The molecule has 2 heterocycles. The maximum Gasteiger partial charge on any atom is 0.239 e. The number of amides is 1. The Morgan fingerprint density at radius 1 is 1.25 bits per heavy atom. The molecule has 2 aliphatic rings. The Hall–Kier alpha value is -0.640.